The monoisotopic (exact) mass is 2010 g/mol. The van der Waals surface area contributed by atoms with Crippen LogP contribution in [0, 0.1) is 39.9 Å². The van der Waals surface area contributed by atoms with E-state index in [1.165, 1.54) is 0 Å². The van der Waals surface area contributed by atoms with Gasteiger partial charge in [0, 0.05) is 125 Å². The van der Waals surface area contributed by atoms with Crippen LogP contribution in [-0.2, 0) is 81.0 Å². The maximum absolute atomic E-state index is 14.4. The first-order valence-electron chi connectivity index (χ1n) is 40.1. The molecule has 32 N–H and O–H groups in total. The molecule has 32 atom stereocenters. The number of carboxylic acids is 3. The number of hydrogen-bond donors (Lipinski definition) is 32. The minimum Gasteiger partial charge on any atom is -0.549 e. The summed E-state index contributed by atoms with van der Waals surface area (Å²) in [6.45, 7) is -20.9. The van der Waals surface area contributed by atoms with Gasteiger partial charge in [0.25, 0.3) is 23.6 Å². The van der Waals surface area contributed by atoms with E-state index >= 15 is 0 Å². The Labute approximate surface area is 760 Å². The number of carbonyl (C=O) groups excluding carboxylic acids is 9. The van der Waals surface area contributed by atoms with Crippen LogP contribution in [0.5, 0.6) is 0 Å². The molecule has 1 radical (unpaired) electrons. The molecule has 743 valence electrons. The Morgan fingerprint density at radius 1 is 0.289 bits per heavy atom. The molecule has 0 unspecified atom stereocenters. The molecule has 6 amide bonds. The maximum atomic E-state index is 14.4. The zero-order chi connectivity index (χ0) is 95.5. The molecule has 0 spiro atoms. The minimum atomic E-state index is -2.53. The molecule has 0 saturated carbocycles. The molecule has 4 aliphatic rings. The first-order valence-corrected chi connectivity index (χ1v) is 40.1. The van der Waals surface area contributed by atoms with Crippen molar-refractivity contribution in [1.82, 2.24) is 45.8 Å². The van der Waals surface area contributed by atoms with Gasteiger partial charge < -0.3 is 242 Å². The van der Waals surface area contributed by atoms with Gasteiger partial charge in [-0.25, -0.2) is 0 Å². The van der Waals surface area contributed by atoms with E-state index in [1.54, 1.807) is 0 Å². The van der Waals surface area contributed by atoms with E-state index in [1.807, 2.05) is 0 Å². The van der Waals surface area contributed by atoms with Gasteiger partial charge in [0.05, 0.1) is 81.8 Å². The Morgan fingerprint density at radius 3 is 0.672 bits per heavy atom. The number of nitrogens with zero attached hydrogens (tertiary/aromatic N) is 5. The number of hydrogen-bond acceptors (Lipinski definition) is 51. The Hall–Kier alpha value is -5.01. The number of ether oxygens (including phenoxy) is 8. The largest absolute Gasteiger partial charge is 3.00 e. The van der Waals surface area contributed by atoms with Gasteiger partial charge in [0.1, 0.15) is 122 Å². The van der Waals surface area contributed by atoms with Crippen LogP contribution in [0.15, 0.2) is 0 Å². The Balaban J connectivity index is 0.0000422. The van der Waals surface area contributed by atoms with Crippen molar-refractivity contribution >= 4 is 53.4 Å². The van der Waals surface area contributed by atoms with Gasteiger partial charge in [0.15, 0.2) is 49.6 Å². The van der Waals surface area contributed by atoms with Crippen molar-refractivity contribution in [3.8, 4) is 0 Å². The second-order valence-corrected chi connectivity index (χ2v) is 30.0. The summed E-state index contributed by atoms with van der Waals surface area (Å²) >= 11 is 0. The van der Waals surface area contributed by atoms with Crippen molar-refractivity contribution in [2.45, 2.75) is 222 Å². The second-order valence-electron chi connectivity index (χ2n) is 30.0. The molecule has 0 aromatic carbocycles. The first-order chi connectivity index (χ1) is 59.9. The molecule has 0 bridgehead atoms. The zero-order valence-electron chi connectivity index (χ0n) is 68.8. The average Bonchev–Trinajstić information content (AvgIpc) is 0.819. The number of carboxylic acid groups (broad SMARTS) is 3. The summed E-state index contributed by atoms with van der Waals surface area (Å²) in [4.78, 5) is 124. The van der Waals surface area contributed by atoms with Crippen molar-refractivity contribution in [1.29, 1.82) is 0 Å². The van der Waals surface area contributed by atoms with Crippen LogP contribution < -0.4 is 36.6 Å². The molecule has 128 heavy (non-hydrogen) atoms. The third kappa shape index (κ3) is 35.7. The fourth-order valence-corrected chi connectivity index (χ4v) is 13.4. The molecule has 4 fully saturated rings. The molecular weight excluding hydrogens is 1890 g/mol. The van der Waals surface area contributed by atoms with Crippen molar-refractivity contribution in [3.63, 3.8) is 0 Å². The van der Waals surface area contributed by atoms with E-state index in [2.05, 4.69) is 21.3 Å². The van der Waals surface area contributed by atoms with Crippen molar-refractivity contribution in [2.24, 2.45) is 0 Å². The van der Waals surface area contributed by atoms with E-state index in [4.69, 9.17) is 37.9 Å². The quantitative estimate of drug-likeness (QED) is 0.0269. The summed E-state index contributed by atoms with van der Waals surface area (Å²) in [6.07, 6.45) is -67.2. The number of rotatable bonds is 60. The van der Waals surface area contributed by atoms with Crippen molar-refractivity contribution in [3.05, 3.63) is 0 Å². The molecule has 4 heterocycles. The summed E-state index contributed by atoms with van der Waals surface area (Å²) in [5, 5.41) is 336. The molecule has 0 aromatic heterocycles. The summed E-state index contributed by atoms with van der Waals surface area (Å²) in [5.41, 5.74) is 0. The van der Waals surface area contributed by atoms with Crippen LogP contribution in [0.4, 0.5) is 0 Å². The molecular formula is C70H122GdN9O48. The van der Waals surface area contributed by atoms with Crippen LogP contribution in [-0.4, -0.2) is 581 Å². The predicted molar refractivity (Wildman–Crippen MR) is 399 cm³/mol. The topological polar surface area (TPSA) is 927 Å². The molecule has 0 aromatic rings. The number of carbonyl (C=O) groups is 9. The second kappa shape index (κ2) is 59.0. The van der Waals surface area contributed by atoms with Gasteiger partial charge in [-0.05, 0) is 25.7 Å². The van der Waals surface area contributed by atoms with E-state index in [0.29, 0.717) is 0 Å². The number of aliphatic hydroxyl groups excluding tert-OH is 28. The zero-order valence-corrected chi connectivity index (χ0v) is 71.0. The van der Waals surface area contributed by atoms with Gasteiger partial charge in [-0.2, -0.15) is 0 Å². The van der Waals surface area contributed by atoms with E-state index in [9.17, 15) is 201 Å². The molecule has 4 aliphatic heterocycles. The molecule has 57 nitrogen and oxygen atoms in total. The number of amides is 6. The third-order valence-electron chi connectivity index (χ3n) is 20.8. The molecule has 4 saturated heterocycles. The minimum absolute atomic E-state index is 0. The summed E-state index contributed by atoms with van der Waals surface area (Å²) in [7, 11) is 0. The Kier molecular flexibility index (Phi) is 54.0. The number of aliphatic hydroxyl groups is 28. The van der Waals surface area contributed by atoms with Crippen molar-refractivity contribution < 1.29 is 279 Å². The van der Waals surface area contributed by atoms with E-state index in [0.717, 1.165) is 24.5 Å². The van der Waals surface area contributed by atoms with Crippen LogP contribution in [0.1, 0.15) is 25.7 Å². The maximum Gasteiger partial charge on any atom is 3.00 e. The number of nitrogens with one attached hydrogen (secondary N) is 4. The fraction of sp³-hybridized carbons (Fsp3) is 0.871. The third-order valence-corrected chi connectivity index (χ3v) is 20.8. The van der Waals surface area contributed by atoms with Gasteiger partial charge in [-0.15, -0.1) is 0 Å². The Morgan fingerprint density at radius 2 is 0.484 bits per heavy atom. The van der Waals surface area contributed by atoms with E-state index in [-0.39, 0.29) is 39.9 Å². The van der Waals surface area contributed by atoms with Gasteiger partial charge >= 0.3 is 39.9 Å². The van der Waals surface area contributed by atoms with Crippen LogP contribution >= 0.6 is 0 Å². The summed E-state index contributed by atoms with van der Waals surface area (Å²) in [6, 6.07) is 0. The SMILES string of the molecule is O=C([O-])CN(CCN(CC(=O)[O-])CC(=O)N(CCNC(=O)[C@H](O)[C@@H](O)[C@@H](CCO)O[C@H]1O[C@H](CO)[C@@H](O)[C@H](O)[C@H]1O)CCNC(=O)[C@H](O)[C@@H](O)[C@@H](CCO)O[C@H]1O[C@H](CO)[C@@H](O)[C@H](O)[C@H]1O)CCN(CC(=O)[O-])CC(=O)N(CCNC(=O)[C@H](O)[C@@H](O)[C@@H](CCO)O[C@H]1O[C@H](CO)[C@@H](O)[C@H](O)[C@H]1O)CCNC(=O)[C@H](O)[C@@H](O)[C@@H](CCO)O[C@@H]1O[C@H](CO)[C@@H](O)[C@H](O)[C@H]1O.[Gd+3]. The smallest absolute Gasteiger partial charge is 0.549 e. The van der Waals surface area contributed by atoms with E-state index < -0.39 is 439 Å². The number of aliphatic carboxylic acids is 3. The first kappa shape index (κ1) is 117. The average molecular weight is 2020 g/mol. The van der Waals surface area contributed by atoms with Gasteiger partial charge in [-0.3, -0.25) is 43.5 Å². The summed E-state index contributed by atoms with van der Waals surface area (Å²) < 4.78 is 42.9. The predicted octanol–water partition coefficient (Wildman–Crippen LogP) is -27.6. The normalized spacial score (nSPS) is 29.1. The fourth-order valence-electron chi connectivity index (χ4n) is 13.4. The summed E-state index contributed by atoms with van der Waals surface area (Å²) in [5.74, 6) is -13.7. The van der Waals surface area contributed by atoms with Crippen molar-refractivity contribution in [2.75, 3.05) is 164 Å². The standard InChI is InChI=1S/C70H125N9O48.Gd/c80-17-1-30(120-67-59(112)51(104)47(100)34(26-84)124-67)43(96)55(108)63(116)71-5-9-78(10-6-72-64(117)56(109)44(97)31(2-18-81)121-68-60(113)52(105)48(101)35(27-85)125-68)38(88)21-76(24-41(92)93)15-13-75(23-40(90)91)14-16-77(25-42(94)95)22-39(89)79(11-7-73-65(118)57(110)45(98)32(3-19-82)122-69-61(114)53(106)49(102)36(28-86)126-69)12-8-74-66(119)58(111)46(99)33(4-20-83)123-70-62(115)54(107)50(103)37(29-87)127-70;/h30-37,43-62,67-70,80-87,96-115H,1-29H2,(H,71,116)(H,72,117)(H,73,118)(H,74,119)(H,90,91)(H,92,93)(H,94,95);/q;+3/p-3/t30-,31-,32-,33-,34-,35-,36-,37-,43+,44+,45+,46+,47-,48-,49-,50-,51+,52+,53+,54+,55-,56-,57-,58-,59-,60-,61-,62-,67-,68+,69+,70+;/m1./s1. The molecule has 0 aliphatic carbocycles. The molecule has 4 rings (SSSR count). The van der Waals surface area contributed by atoms with Crippen LogP contribution in [0.3, 0.4) is 0 Å². The van der Waals surface area contributed by atoms with Crippen LogP contribution in [0.2, 0.25) is 0 Å². The van der Waals surface area contributed by atoms with Gasteiger partial charge in [-0.1, -0.05) is 0 Å². The van der Waals surface area contributed by atoms with Crippen LogP contribution in [0.25, 0.3) is 0 Å². The van der Waals surface area contributed by atoms with Gasteiger partial charge in [0.2, 0.25) is 11.8 Å². The molecule has 58 heteroatoms. The Bertz CT molecular complexity index is 2940.